The van der Waals surface area contributed by atoms with Crippen molar-refractivity contribution in [2.75, 3.05) is 0 Å². The van der Waals surface area contributed by atoms with Crippen LogP contribution >= 0.6 is 11.6 Å². The predicted octanol–water partition coefficient (Wildman–Crippen LogP) is 4.17. The Hall–Kier alpha value is -2.86. The first-order valence-corrected chi connectivity index (χ1v) is 8.22. The first kappa shape index (κ1) is 15.7. The first-order chi connectivity index (χ1) is 12.1. The molecule has 0 heterocycles. The van der Waals surface area contributed by atoms with Crippen LogP contribution in [0.3, 0.4) is 0 Å². The summed E-state index contributed by atoms with van der Waals surface area (Å²) < 4.78 is 0. The van der Waals surface area contributed by atoms with Crippen LogP contribution < -0.4 is 0 Å². The molecule has 1 aliphatic carbocycles. The van der Waals surface area contributed by atoms with Crippen molar-refractivity contribution in [2.45, 2.75) is 5.60 Å². The molecule has 3 heteroatoms. The molecule has 0 amide bonds. The van der Waals surface area contributed by atoms with Gasteiger partial charge in [-0.3, -0.25) is 4.79 Å². The molecular weight excluding hydrogens is 332 g/mol. The van der Waals surface area contributed by atoms with E-state index in [1.165, 1.54) is 0 Å². The zero-order chi connectivity index (χ0) is 17.4. The van der Waals surface area contributed by atoms with Crippen molar-refractivity contribution in [1.29, 1.82) is 0 Å². The topological polar surface area (TPSA) is 37.3 Å². The van der Waals surface area contributed by atoms with Crippen LogP contribution in [-0.4, -0.2) is 10.9 Å². The fourth-order valence-electron chi connectivity index (χ4n) is 3.12. The Bertz CT molecular complexity index is 1040. The first-order valence-electron chi connectivity index (χ1n) is 7.84. The van der Waals surface area contributed by atoms with Gasteiger partial charge in [-0.1, -0.05) is 65.9 Å². The molecule has 0 saturated carbocycles. The van der Waals surface area contributed by atoms with E-state index in [2.05, 4.69) is 11.8 Å². The summed E-state index contributed by atoms with van der Waals surface area (Å²) in [5.74, 6) is 5.85. The molecule has 1 atom stereocenters. The van der Waals surface area contributed by atoms with E-state index in [9.17, 15) is 9.90 Å². The van der Waals surface area contributed by atoms with E-state index < -0.39 is 5.60 Å². The number of hydrogen-bond donors (Lipinski definition) is 1. The third-order valence-corrected chi connectivity index (χ3v) is 4.57. The Morgan fingerprint density at radius 1 is 0.840 bits per heavy atom. The number of carbonyl (C=O) groups excluding carboxylic acids is 1. The van der Waals surface area contributed by atoms with E-state index in [-0.39, 0.29) is 5.78 Å². The van der Waals surface area contributed by atoms with Crippen LogP contribution in [0.4, 0.5) is 0 Å². The van der Waals surface area contributed by atoms with Gasteiger partial charge in [0.15, 0.2) is 11.4 Å². The monoisotopic (exact) mass is 344 g/mol. The van der Waals surface area contributed by atoms with Gasteiger partial charge in [-0.15, -0.1) is 0 Å². The number of halogens is 1. The Balaban J connectivity index is 1.99. The van der Waals surface area contributed by atoms with Gasteiger partial charge in [0.05, 0.1) is 0 Å². The molecule has 0 bridgehead atoms. The summed E-state index contributed by atoms with van der Waals surface area (Å²) in [4.78, 5) is 12.8. The van der Waals surface area contributed by atoms with Crippen LogP contribution in [0.25, 0.3) is 0 Å². The molecule has 1 unspecified atom stereocenters. The van der Waals surface area contributed by atoms with Gasteiger partial charge in [-0.25, -0.2) is 0 Å². The van der Waals surface area contributed by atoms with Crippen molar-refractivity contribution in [2.24, 2.45) is 0 Å². The van der Waals surface area contributed by atoms with Gasteiger partial charge in [0, 0.05) is 32.8 Å². The highest BCUT2D eigenvalue weighted by atomic mass is 35.5. The standard InChI is InChI=1S/C22H13ClO2/c23-16-10-11-18-20(14-16)22(25,13-12-15-6-2-1-3-7-15)19-9-5-4-8-17(19)21(18)24/h1-11,14,25H. The summed E-state index contributed by atoms with van der Waals surface area (Å²) in [7, 11) is 0. The molecule has 2 nitrogen and oxygen atoms in total. The Kier molecular flexibility index (Phi) is 3.69. The van der Waals surface area contributed by atoms with Crippen LogP contribution in [-0.2, 0) is 5.60 Å². The summed E-state index contributed by atoms with van der Waals surface area (Å²) >= 11 is 6.13. The summed E-state index contributed by atoms with van der Waals surface area (Å²) in [6, 6.07) is 21.3. The van der Waals surface area contributed by atoms with Crippen LogP contribution in [0, 0.1) is 11.8 Å². The molecule has 0 fully saturated rings. The highest BCUT2D eigenvalue weighted by Crippen LogP contribution is 2.40. The fraction of sp³-hybridized carbons (Fsp3) is 0.0455. The van der Waals surface area contributed by atoms with Crippen molar-refractivity contribution in [1.82, 2.24) is 0 Å². The molecule has 0 radical (unpaired) electrons. The van der Waals surface area contributed by atoms with E-state index in [1.54, 1.807) is 42.5 Å². The molecule has 0 spiro atoms. The van der Waals surface area contributed by atoms with E-state index in [0.717, 1.165) is 5.56 Å². The number of aliphatic hydroxyl groups is 1. The van der Waals surface area contributed by atoms with Crippen molar-refractivity contribution in [3.05, 3.63) is 106 Å². The Labute approximate surface area is 150 Å². The van der Waals surface area contributed by atoms with Crippen LogP contribution in [0.2, 0.25) is 5.02 Å². The average Bonchev–Trinajstić information content (AvgIpc) is 2.65. The lowest BCUT2D eigenvalue weighted by molar-refractivity contribution is 0.0980. The lowest BCUT2D eigenvalue weighted by Crippen LogP contribution is -2.34. The molecule has 120 valence electrons. The number of carbonyl (C=O) groups is 1. The van der Waals surface area contributed by atoms with Crippen LogP contribution in [0.15, 0.2) is 72.8 Å². The molecule has 0 saturated heterocycles. The van der Waals surface area contributed by atoms with Crippen molar-refractivity contribution in [3.63, 3.8) is 0 Å². The van der Waals surface area contributed by atoms with E-state index in [0.29, 0.717) is 27.3 Å². The zero-order valence-electron chi connectivity index (χ0n) is 13.2. The van der Waals surface area contributed by atoms with Crippen LogP contribution in [0.1, 0.15) is 32.6 Å². The lowest BCUT2D eigenvalue weighted by Gasteiger charge is -2.31. The summed E-state index contributed by atoms with van der Waals surface area (Å²) in [5.41, 5.74) is 0.981. The van der Waals surface area contributed by atoms with Gasteiger partial charge in [0.25, 0.3) is 0 Å². The minimum absolute atomic E-state index is 0.131. The third-order valence-electron chi connectivity index (χ3n) is 4.34. The molecule has 3 aromatic carbocycles. The van der Waals surface area contributed by atoms with Crippen molar-refractivity contribution in [3.8, 4) is 11.8 Å². The van der Waals surface area contributed by atoms with Gasteiger partial charge < -0.3 is 5.11 Å². The van der Waals surface area contributed by atoms with Crippen molar-refractivity contribution >= 4 is 17.4 Å². The molecule has 0 aromatic heterocycles. The summed E-state index contributed by atoms with van der Waals surface area (Å²) in [6.07, 6.45) is 0. The summed E-state index contributed by atoms with van der Waals surface area (Å²) in [6.45, 7) is 0. The normalized spacial score (nSPS) is 17.9. The summed E-state index contributed by atoms with van der Waals surface area (Å²) in [5, 5.41) is 11.9. The highest BCUT2D eigenvalue weighted by molar-refractivity contribution is 6.31. The Morgan fingerprint density at radius 2 is 1.52 bits per heavy atom. The Morgan fingerprint density at radius 3 is 2.32 bits per heavy atom. The fourth-order valence-corrected chi connectivity index (χ4v) is 3.29. The number of fused-ring (bicyclic) bond motifs is 2. The molecule has 4 rings (SSSR count). The minimum Gasteiger partial charge on any atom is -0.369 e. The van der Waals surface area contributed by atoms with E-state index >= 15 is 0 Å². The van der Waals surface area contributed by atoms with Gasteiger partial charge in [0.1, 0.15) is 0 Å². The third kappa shape index (κ3) is 2.55. The van der Waals surface area contributed by atoms with Gasteiger partial charge in [0.2, 0.25) is 0 Å². The largest absolute Gasteiger partial charge is 0.369 e. The second kappa shape index (κ2) is 5.89. The molecular formula is C22H13ClO2. The maximum Gasteiger partial charge on any atom is 0.193 e. The number of rotatable bonds is 0. The quantitative estimate of drug-likeness (QED) is 0.621. The second-order valence-corrected chi connectivity index (χ2v) is 6.33. The number of ketones is 1. The maximum atomic E-state index is 12.8. The number of benzene rings is 3. The van der Waals surface area contributed by atoms with E-state index in [4.69, 9.17) is 11.6 Å². The van der Waals surface area contributed by atoms with Crippen LogP contribution in [0.5, 0.6) is 0 Å². The molecule has 1 aliphatic rings. The van der Waals surface area contributed by atoms with Gasteiger partial charge in [-0.2, -0.15) is 0 Å². The number of hydrogen-bond acceptors (Lipinski definition) is 2. The van der Waals surface area contributed by atoms with Crippen molar-refractivity contribution < 1.29 is 9.90 Å². The maximum absolute atomic E-state index is 12.8. The molecule has 0 aliphatic heterocycles. The smallest absolute Gasteiger partial charge is 0.193 e. The second-order valence-electron chi connectivity index (χ2n) is 5.89. The SMILES string of the molecule is O=C1c2ccccc2C(O)(C#Cc2ccccc2)c2cc(Cl)ccc21. The molecule has 3 aromatic rings. The van der Waals surface area contributed by atoms with Gasteiger partial charge in [-0.05, 0) is 30.3 Å². The van der Waals surface area contributed by atoms with Gasteiger partial charge >= 0.3 is 0 Å². The molecule has 25 heavy (non-hydrogen) atoms. The molecule has 1 N–H and O–H groups in total. The predicted molar refractivity (Wildman–Crippen MR) is 97.6 cm³/mol. The zero-order valence-corrected chi connectivity index (χ0v) is 13.9. The average molecular weight is 345 g/mol. The van der Waals surface area contributed by atoms with E-state index in [1.807, 2.05) is 30.3 Å². The minimum atomic E-state index is -1.60. The lowest BCUT2D eigenvalue weighted by atomic mass is 9.74. The highest BCUT2D eigenvalue weighted by Gasteiger charge is 2.41.